The van der Waals surface area contributed by atoms with Crippen LogP contribution in [-0.4, -0.2) is 48.5 Å². The third-order valence-electron chi connectivity index (χ3n) is 4.11. The second kappa shape index (κ2) is 7.00. The molecule has 0 aromatic carbocycles. The van der Waals surface area contributed by atoms with Crippen LogP contribution in [0.5, 0.6) is 0 Å². The van der Waals surface area contributed by atoms with E-state index in [1.807, 2.05) is 0 Å². The first-order valence-corrected chi connectivity index (χ1v) is 7.91. The zero-order chi connectivity index (χ0) is 16.3. The number of rotatable bonds is 5. The Morgan fingerprint density at radius 3 is 2.17 bits per heavy atom. The van der Waals surface area contributed by atoms with Crippen LogP contribution in [0.1, 0.15) is 31.4 Å². The Bertz CT molecular complexity index is 497. The fraction of sp³-hybridized carbons (Fsp3) is 0.733. The average Bonchev–Trinajstić information content (AvgIpc) is 3.19. The van der Waals surface area contributed by atoms with E-state index in [2.05, 4.69) is 9.97 Å². The fourth-order valence-corrected chi connectivity index (χ4v) is 2.96. The zero-order valence-electron chi connectivity index (χ0n) is 12.8. The van der Waals surface area contributed by atoms with Gasteiger partial charge in [0.1, 0.15) is 5.69 Å². The number of halogens is 3. The molecule has 3 rings (SSSR count). The third-order valence-corrected chi connectivity index (χ3v) is 4.11. The van der Waals surface area contributed by atoms with Gasteiger partial charge in [0.2, 0.25) is 5.95 Å². The number of hydrogen-bond acceptors (Lipinski definition) is 5. The average molecular weight is 331 g/mol. The number of nitrogens with zero attached hydrogens (tertiary/aromatic N) is 3. The van der Waals surface area contributed by atoms with E-state index in [-0.39, 0.29) is 18.2 Å². The molecule has 0 N–H and O–H groups in total. The Morgan fingerprint density at radius 2 is 1.70 bits per heavy atom. The standard InChI is InChI=1S/C15H20F3N3O2/c16-15(17,18)13-5-6-19-14(20-13)21(9-11-3-1-7-22-11)10-12-4-2-8-23-12/h5-6,11-12H,1-4,7-10H2. The zero-order valence-corrected chi connectivity index (χ0v) is 12.8. The van der Waals surface area contributed by atoms with Gasteiger partial charge in [0, 0.05) is 32.5 Å². The first-order chi connectivity index (χ1) is 11.0. The highest BCUT2D eigenvalue weighted by molar-refractivity contribution is 5.31. The molecule has 2 unspecified atom stereocenters. The number of ether oxygens (including phenoxy) is 2. The molecule has 0 aliphatic carbocycles. The summed E-state index contributed by atoms with van der Waals surface area (Å²) >= 11 is 0. The molecule has 2 saturated heterocycles. The lowest BCUT2D eigenvalue weighted by Gasteiger charge is -2.28. The van der Waals surface area contributed by atoms with Gasteiger partial charge in [-0.05, 0) is 31.7 Å². The molecule has 0 radical (unpaired) electrons. The highest BCUT2D eigenvalue weighted by atomic mass is 19.4. The maximum atomic E-state index is 12.9. The maximum Gasteiger partial charge on any atom is 0.433 e. The molecule has 1 aromatic rings. The summed E-state index contributed by atoms with van der Waals surface area (Å²) in [6, 6.07) is 0.889. The molecule has 23 heavy (non-hydrogen) atoms. The third kappa shape index (κ3) is 4.32. The van der Waals surface area contributed by atoms with Crippen molar-refractivity contribution >= 4 is 5.95 Å². The fourth-order valence-electron chi connectivity index (χ4n) is 2.96. The highest BCUT2D eigenvalue weighted by Crippen LogP contribution is 2.28. The second-order valence-electron chi connectivity index (χ2n) is 5.91. The van der Waals surface area contributed by atoms with E-state index in [4.69, 9.17) is 9.47 Å². The Balaban J connectivity index is 1.78. The summed E-state index contributed by atoms with van der Waals surface area (Å²) in [7, 11) is 0. The van der Waals surface area contributed by atoms with Crippen molar-refractivity contribution < 1.29 is 22.6 Å². The van der Waals surface area contributed by atoms with Crippen LogP contribution in [0.25, 0.3) is 0 Å². The van der Waals surface area contributed by atoms with Crippen LogP contribution in [0, 0.1) is 0 Å². The molecule has 2 atom stereocenters. The van der Waals surface area contributed by atoms with Crippen molar-refractivity contribution in [3.05, 3.63) is 18.0 Å². The first kappa shape index (κ1) is 16.4. The van der Waals surface area contributed by atoms with Crippen LogP contribution in [0.2, 0.25) is 0 Å². The van der Waals surface area contributed by atoms with Crippen molar-refractivity contribution in [1.29, 1.82) is 0 Å². The van der Waals surface area contributed by atoms with E-state index >= 15 is 0 Å². The summed E-state index contributed by atoms with van der Waals surface area (Å²) in [5, 5.41) is 0. The van der Waals surface area contributed by atoms with Gasteiger partial charge in [-0.25, -0.2) is 9.97 Å². The minimum atomic E-state index is -4.48. The van der Waals surface area contributed by atoms with Crippen molar-refractivity contribution in [3.63, 3.8) is 0 Å². The van der Waals surface area contributed by atoms with Crippen molar-refractivity contribution in [2.75, 3.05) is 31.2 Å². The molecule has 0 spiro atoms. The largest absolute Gasteiger partial charge is 0.433 e. The molecule has 2 aliphatic heterocycles. The van der Waals surface area contributed by atoms with E-state index < -0.39 is 11.9 Å². The number of aromatic nitrogens is 2. The van der Waals surface area contributed by atoms with Gasteiger partial charge in [-0.2, -0.15) is 13.2 Å². The molecule has 3 heterocycles. The van der Waals surface area contributed by atoms with Gasteiger partial charge in [-0.15, -0.1) is 0 Å². The van der Waals surface area contributed by atoms with Gasteiger partial charge >= 0.3 is 6.18 Å². The molecular formula is C15H20F3N3O2. The lowest BCUT2D eigenvalue weighted by atomic mass is 10.2. The number of hydrogen-bond donors (Lipinski definition) is 0. The smallest absolute Gasteiger partial charge is 0.376 e. The predicted octanol–water partition coefficient (Wildman–Crippen LogP) is 2.66. The van der Waals surface area contributed by atoms with Crippen molar-refractivity contribution in [2.24, 2.45) is 0 Å². The minimum absolute atomic E-state index is 0.00884. The first-order valence-electron chi connectivity index (χ1n) is 7.91. The minimum Gasteiger partial charge on any atom is -0.376 e. The van der Waals surface area contributed by atoms with Crippen LogP contribution < -0.4 is 4.90 Å². The monoisotopic (exact) mass is 331 g/mol. The van der Waals surface area contributed by atoms with E-state index in [0.29, 0.717) is 26.3 Å². The van der Waals surface area contributed by atoms with Gasteiger partial charge in [0.25, 0.3) is 0 Å². The summed E-state index contributed by atoms with van der Waals surface area (Å²) in [4.78, 5) is 9.51. The molecule has 1 aromatic heterocycles. The molecule has 5 nitrogen and oxygen atoms in total. The summed E-state index contributed by atoms with van der Waals surface area (Å²) in [6.07, 6.45) is 0.454. The van der Waals surface area contributed by atoms with Gasteiger partial charge in [0.15, 0.2) is 0 Å². The van der Waals surface area contributed by atoms with Crippen LogP contribution in [0.3, 0.4) is 0 Å². The summed E-state index contributed by atoms with van der Waals surface area (Å²) in [5.74, 6) is 0.0887. The summed E-state index contributed by atoms with van der Waals surface area (Å²) in [6.45, 7) is 2.37. The Kier molecular flexibility index (Phi) is 5.01. The van der Waals surface area contributed by atoms with Crippen LogP contribution in [0.15, 0.2) is 12.3 Å². The van der Waals surface area contributed by atoms with Crippen LogP contribution >= 0.6 is 0 Å². The quantitative estimate of drug-likeness (QED) is 0.830. The molecular weight excluding hydrogens is 311 g/mol. The Labute approximate surface area is 132 Å². The lowest BCUT2D eigenvalue weighted by Crippen LogP contribution is -2.39. The number of anilines is 1. The summed E-state index contributed by atoms with van der Waals surface area (Å²) in [5.41, 5.74) is -0.924. The molecule has 0 amide bonds. The topological polar surface area (TPSA) is 47.5 Å². The van der Waals surface area contributed by atoms with Gasteiger partial charge in [-0.1, -0.05) is 0 Å². The van der Waals surface area contributed by atoms with Crippen molar-refractivity contribution in [1.82, 2.24) is 9.97 Å². The maximum absolute atomic E-state index is 12.9. The van der Waals surface area contributed by atoms with Crippen molar-refractivity contribution in [3.8, 4) is 0 Å². The molecule has 0 bridgehead atoms. The lowest BCUT2D eigenvalue weighted by molar-refractivity contribution is -0.141. The Morgan fingerprint density at radius 1 is 1.09 bits per heavy atom. The summed E-state index contributed by atoms with van der Waals surface area (Å²) < 4.78 is 49.9. The van der Waals surface area contributed by atoms with Gasteiger partial charge in [-0.3, -0.25) is 0 Å². The number of alkyl halides is 3. The normalized spacial score (nSPS) is 25.0. The predicted molar refractivity (Wildman–Crippen MR) is 77.2 cm³/mol. The molecule has 128 valence electrons. The van der Waals surface area contributed by atoms with E-state index in [1.54, 1.807) is 4.90 Å². The molecule has 2 aliphatic rings. The highest BCUT2D eigenvalue weighted by Gasteiger charge is 2.34. The molecule has 2 fully saturated rings. The van der Waals surface area contributed by atoms with Gasteiger partial charge in [0.05, 0.1) is 12.2 Å². The van der Waals surface area contributed by atoms with Gasteiger partial charge < -0.3 is 14.4 Å². The van der Waals surface area contributed by atoms with E-state index in [1.165, 1.54) is 0 Å². The molecule has 8 heteroatoms. The van der Waals surface area contributed by atoms with Crippen LogP contribution in [0.4, 0.5) is 19.1 Å². The second-order valence-corrected chi connectivity index (χ2v) is 5.91. The van der Waals surface area contributed by atoms with Crippen molar-refractivity contribution in [2.45, 2.75) is 44.1 Å². The van der Waals surface area contributed by atoms with Crippen LogP contribution in [-0.2, 0) is 15.7 Å². The SMILES string of the molecule is FC(F)(F)c1ccnc(N(CC2CCCO2)CC2CCCO2)n1. The molecule has 0 saturated carbocycles. The Hall–Kier alpha value is -1.41. The van der Waals surface area contributed by atoms with E-state index in [0.717, 1.165) is 37.9 Å². The van der Waals surface area contributed by atoms with E-state index in [9.17, 15) is 13.2 Å².